The first-order chi connectivity index (χ1) is 8.22. The fourth-order valence-electron chi connectivity index (χ4n) is 2.13. The first-order valence-electron chi connectivity index (χ1n) is 6.81. The molecule has 1 aromatic carbocycles. The second-order valence-electron chi connectivity index (χ2n) is 4.52. The van der Waals surface area contributed by atoms with Crippen LogP contribution < -0.4 is 10.6 Å². The molecule has 0 amide bonds. The minimum Gasteiger partial charge on any atom is -0.382 e. The fourth-order valence-corrected chi connectivity index (χ4v) is 2.13. The van der Waals surface area contributed by atoms with Crippen LogP contribution in [0.15, 0.2) is 24.3 Å². The van der Waals surface area contributed by atoms with Crippen LogP contribution in [-0.2, 0) is 0 Å². The predicted molar refractivity (Wildman–Crippen MR) is 76.5 cm³/mol. The van der Waals surface area contributed by atoms with Gasteiger partial charge >= 0.3 is 0 Å². The van der Waals surface area contributed by atoms with E-state index in [-0.39, 0.29) is 0 Å². The van der Waals surface area contributed by atoms with Crippen LogP contribution in [0.2, 0.25) is 0 Å². The van der Waals surface area contributed by atoms with Gasteiger partial charge in [0.1, 0.15) is 0 Å². The minimum absolute atomic E-state index is 0.401. The van der Waals surface area contributed by atoms with Crippen LogP contribution >= 0.6 is 0 Å². The molecule has 0 aliphatic heterocycles. The summed E-state index contributed by atoms with van der Waals surface area (Å²) in [5, 5.41) is 7.12. The van der Waals surface area contributed by atoms with Gasteiger partial charge in [0.25, 0.3) is 0 Å². The van der Waals surface area contributed by atoms with Gasteiger partial charge in [-0.25, -0.2) is 0 Å². The van der Waals surface area contributed by atoms with E-state index in [2.05, 4.69) is 62.6 Å². The highest BCUT2D eigenvalue weighted by Gasteiger charge is 2.11. The Balaban J connectivity index is 2.83. The average Bonchev–Trinajstić information content (AvgIpc) is 2.36. The van der Waals surface area contributed by atoms with E-state index in [1.807, 2.05) is 0 Å². The van der Waals surface area contributed by atoms with Crippen molar-refractivity contribution in [3.05, 3.63) is 29.8 Å². The molecule has 0 radical (unpaired) electrons. The smallest absolute Gasteiger partial charge is 0.0390 e. The fraction of sp³-hybridized carbons (Fsp3) is 0.600. The second kappa shape index (κ2) is 7.33. The summed E-state index contributed by atoms with van der Waals surface area (Å²) in [5.74, 6) is 0. The molecule has 0 fully saturated rings. The molecule has 0 aromatic heterocycles. The Labute approximate surface area is 106 Å². The summed E-state index contributed by atoms with van der Waals surface area (Å²) in [7, 11) is 0. The first kappa shape index (κ1) is 14.0. The third-order valence-electron chi connectivity index (χ3n) is 3.28. The zero-order valence-corrected chi connectivity index (χ0v) is 11.6. The summed E-state index contributed by atoms with van der Waals surface area (Å²) in [6.07, 6.45) is 2.33. The van der Waals surface area contributed by atoms with E-state index in [4.69, 9.17) is 0 Å². The molecule has 1 rings (SSSR count). The largest absolute Gasteiger partial charge is 0.382 e. The molecule has 0 spiro atoms. The van der Waals surface area contributed by atoms with Crippen LogP contribution in [0.25, 0.3) is 0 Å². The van der Waals surface area contributed by atoms with Gasteiger partial charge in [0.15, 0.2) is 0 Å². The van der Waals surface area contributed by atoms with Crippen molar-refractivity contribution < 1.29 is 0 Å². The molecular weight excluding hydrogens is 208 g/mol. The summed E-state index contributed by atoms with van der Waals surface area (Å²) < 4.78 is 0. The summed E-state index contributed by atoms with van der Waals surface area (Å²) in [6, 6.07) is 9.58. The zero-order chi connectivity index (χ0) is 12.7. The quantitative estimate of drug-likeness (QED) is 0.746. The van der Waals surface area contributed by atoms with Crippen molar-refractivity contribution in [2.24, 2.45) is 0 Å². The maximum absolute atomic E-state index is 3.65. The Morgan fingerprint density at radius 3 is 2.29 bits per heavy atom. The third-order valence-corrected chi connectivity index (χ3v) is 3.28. The molecule has 0 aliphatic rings. The standard InChI is InChI=1S/C15H26N2/c1-5-13(6-2)17-15-11-9-8-10-14(15)12(4)16-7-3/h8-13,16-17H,5-7H2,1-4H3. The highest BCUT2D eigenvalue weighted by molar-refractivity contribution is 5.53. The monoisotopic (exact) mass is 234 g/mol. The molecular formula is C15H26N2. The van der Waals surface area contributed by atoms with Gasteiger partial charge in [-0.15, -0.1) is 0 Å². The Hall–Kier alpha value is -1.02. The number of benzene rings is 1. The molecule has 2 nitrogen and oxygen atoms in total. The first-order valence-corrected chi connectivity index (χ1v) is 6.81. The van der Waals surface area contributed by atoms with E-state index in [0.29, 0.717) is 12.1 Å². The van der Waals surface area contributed by atoms with Gasteiger partial charge < -0.3 is 10.6 Å². The van der Waals surface area contributed by atoms with Gasteiger partial charge in [-0.2, -0.15) is 0 Å². The number of anilines is 1. The zero-order valence-electron chi connectivity index (χ0n) is 11.6. The van der Waals surface area contributed by atoms with Gasteiger partial charge in [-0.3, -0.25) is 0 Å². The van der Waals surface area contributed by atoms with E-state index in [1.54, 1.807) is 0 Å². The molecule has 0 saturated heterocycles. The molecule has 0 heterocycles. The van der Waals surface area contributed by atoms with E-state index in [1.165, 1.54) is 24.1 Å². The van der Waals surface area contributed by atoms with E-state index in [0.717, 1.165) is 6.54 Å². The summed E-state index contributed by atoms with van der Waals surface area (Å²) in [4.78, 5) is 0. The lowest BCUT2D eigenvalue weighted by Gasteiger charge is -2.22. The number of hydrogen-bond acceptors (Lipinski definition) is 2. The Morgan fingerprint density at radius 2 is 1.71 bits per heavy atom. The van der Waals surface area contributed by atoms with Crippen LogP contribution in [0.5, 0.6) is 0 Å². The summed E-state index contributed by atoms with van der Waals surface area (Å²) >= 11 is 0. The summed E-state index contributed by atoms with van der Waals surface area (Å²) in [5.41, 5.74) is 2.64. The van der Waals surface area contributed by atoms with Crippen LogP contribution in [-0.4, -0.2) is 12.6 Å². The van der Waals surface area contributed by atoms with Crippen LogP contribution in [0.3, 0.4) is 0 Å². The lowest BCUT2D eigenvalue weighted by atomic mass is 10.0. The normalized spacial score (nSPS) is 12.8. The van der Waals surface area contributed by atoms with E-state index < -0.39 is 0 Å². The van der Waals surface area contributed by atoms with Crippen molar-refractivity contribution in [2.45, 2.75) is 52.6 Å². The molecule has 96 valence electrons. The molecule has 0 bridgehead atoms. The van der Waals surface area contributed by atoms with Crippen molar-refractivity contribution in [3.63, 3.8) is 0 Å². The lowest BCUT2D eigenvalue weighted by Crippen LogP contribution is -2.22. The Bertz CT molecular complexity index is 318. The molecule has 2 heteroatoms. The molecule has 1 unspecified atom stereocenters. The predicted octanol–water partition coefficient (Wildman–Crippen LogP) is 3.96. The lowest BCUT2D eigenvalue weighted by molar-refractivity contribution is 0.596. The van der Waals surface area contributed by atoms with Crippen molar-refractivity contribution in [1.82, 2.24) is 5.32 Å². The number of para-hydroxylation sites is 1. The number of hydrogen-bond donors (Lipinski definition) is 2. The van der Waals surface area contributed by atoms with Crippen LogP contribution in [0, 0.1) is 0 Å². The number of nitrogens with one attached hydrogen (secondary N) is 2. The van der Waals surface area contributed by atoms with Gasteiger partial charge in [0.05, 0.1) is 0 Å². The van der Waals surface area contributed by atoms with Gasteiger partial charge in [-0.05, 0) is 37.9 Å². The van der Waals surface area contributed by atoms with Crippen LogP contribution in [0.1, 0.15) is 52.1 Å². The molecule has 1 atom stereocenters. The minimum atomic E-state index is 0.401. The van der Waals surface area contributed by atoms with Crippen molar-refractivity contribution in [1.29, 1.82) is 0 Å². The molecule has 2 N–H and O–H groups in total. The molecule has 17 heavy (non-hydrogen) atoms. The van der Waals surface area contributed by atoms with Crippen molar-refractivity contribution >= 4 is 5.69 Å². The van der Waals surface area contributed by atoms with Crippen molar-refractivity contribution in [2.75, 3.05) is 11.9 Å². The topological polar surface area (TPSA) is 24.1 Å². The van der Waals surface area contributed by atoms with Crippen molar-refractivity contribution in [3.8, 4) is 0 Å². The third kappa shape index (κ3) is 4.04. The van der Waals surface area contributed by atoms with E-state index in [9.17, 15) is 0 Å². The van der Waals surface area contributed by atoms with Crippen LogP contribution in [0.4, 0.5) is 5.69 Å². The highest BCUT2D eigenvalue weighted by atomic mass is 14.9. The van der Waals surface area contributed by atoms with Gasteiger partial charge in [0, 0.05) is 17.8 Å². The molecule has 0 saturated carbocycles. The maximum atomic E-state index is 3.65. The second-order valence-corrected chi connectivity index (χ2v) is 4.52. The Morgan fingerprint density at radius 1 is 1.06 bits per heavy atom. The molecule has 0 aliphatic carbocycles. The Kier molecular flexibility index (Phi) is 6.06. The van der Waals surface area contributed by atoms with Gasteiger partial charge in [0.2, 0.25) is 0 Å². The maximum Gasteiger partial charge on any atom is 0.0390 e. The summed E-state index contributed by atoms with van der Waals surface area (Å²) in [6.45, 7) is 9.83. The average molecular weight is 234 g/mol. The SMILES string of the molecule is CCNC(C)c1ccccc1NC(CC)CC. The van der Waals surface area contributed by atoms with Gasteiger partial charge in [-0.1, -0.05) is 39.0 Å². The molecule has 1 aromatic rings. The highest BCUT2D eigenvalue weighted by Crippen LogP contribution is 2.23. The number of rotatable bonds is 7. The van der Waals surface area contributed by atoms with E-state index >= 15 is 0 Å².